The fourth-order valence-corrected chi connectivity index (χ4v) is 2.54. The second-order valence-electron chi connectivity index (χ2n) is 3.38. The molecule has 6 heteroatoms. The average Bonchev–Trinajstić information content (AvgIpc) is 2.48. The molecule has 0 spiro atoms. The molecule has 0 atom stereocenters. The number of halogens is 1. The Kier molecular flexibility index (Phi) is 2.79. The molecule has 1 aliphatic rings. The fourth-order valence-electron chi connectivity index (χ4n) is 1.41. The molecule has 1 saturated heterocycles. The Bertz CT molecular complexity index is 411. The topological polar surface area (TPSA) is 57.6 Å². The van der Waals surface area contributed by atoms with E-state index < -0.39 is 11.9 Å². The van der Waals surface area contributed by atoms with Crippen molar-refractivity contribution in [2.75, 3.05) is 13.1 Å². The molecule has 0 aliphatic carbocycles. The van der Waals surface area contributed by atoms with E-state index in [2.05, 4.69) is 15.9 Å². The SMILES string of the molecule is O=C(O)C1CN(C(=O)c2csc(Br)c2)C1. The van der Waals surface area contributed by atoms with Crippen molar-refractivity contribution in [2.45, 2.75) is 0 Å². The Balaban J connectivity index is 1.97. The summed E-state index contributed by atoms with van der Waals surface area (Å²) in [5.41, 5.74) is 0.621. The molecule has 1 N–H and O–H groups in total. The van der Waals surface area contributed by atoms with Gasteiger partial charge in [0.2, 0.25) is 0 Å². The van der Waals surface area contributed by atoms with Crippen molar-refractivity contribution in [2.24, 2.45) is 5.92 Å². The number of hydrogen-bond donors (Lipinski definition) is 1. The van der Waals surface area contributed by atoms with Crippen LogP contribution in [0.2, 0.25) is 0 Å². The second kappa shape index (κ2) is 3.94. The van der Waals surface area contributed by atoms with Gasteiger partial charge < -0.3 is 10.0 Å². The van der Waals surface area contributed by atoms with E-state index in [0.29, 0.717) is 18.7 Å². The van der Waals surface area contributed by atoms with Gasteiger partial charge in [-0.3, -0.25) is 9.59 Å². The van der Waals surface area contributed by atoms with Crippen LogP contribution in [-0.2, 0) is 4.79 Å². The highest BCUT2D eigenvalue weighted by Crippen LogP contribution is 2.24. The number of aliphatic carboxylic acids is 1. The summed E-state index contributed by atoms with van der Waals surface area (Å²) in [5, 5.41) is 10.4. The Morgan fingerprint density at radius 2 is 2.20 bits per heavy atom. The van der Waals surface area contributed by atoms with E-state index in [1.54, 1.807) is 16.3 Å². The first-order valence-electron chi connectivity index (χ1n) is 4.34. The molecule has 0 saturated carbocycles. The van der Waals surface area contributed by atoms with Crippen LogP contribution in [0.15, 0.2) is 15.2 Å². The summed E-state index contributed by atoms with van der Waals surface area (Å²) in [6, 6.07) is 1.75. The summed E-state index contributed by atoms with van der Waals surface area (Å²) in [7, 11) is 0. The minimum absolute atomic E-state index is 0.0885. The van der Waals surface area contributed by atoms with Crippen LogP contribution in [0, 0.1) is 5.92 Å². The Hall–Kier alpha value is -0.880. The average molecular weight is 290 g/mol. The lowest BCUT2D eigenvalue weighted by Gasteiger charge is -2.36. The van der Waals surface area contributed by atoms with Crippen molar-refractivity contribution in [1.29, 1.82) is 0 Å². The van der Waals surface area contributed by atoms with Crippen LogP contribution in [0.5, 0.6) is 0 Å². The number of rotatable bonds is 2. The van der Waals surface area contributed by atoms with E-state index in [9.17, 15) is 9.59 Å². The standard InChI is InChI=1S/C9H8BrNO3S/c10-7-1-5(4-15-7)8(12)11-2-6(3-11)9(13)14/h1,4,6H,2-3H2,(H,13,14). The Morgan fingerprint density at radius 3 is 2.67 bits per heavy atom. The third-order valence-electron chi connectivity index (χ3n) is 2.33. The third-order valence-corrected chi connectivity index (χ3v) is 3.84. The highest BCUT2D eigenvalue weighted by atomic mass is 79.9. The Labute approximate surface area is 98.6 Å². The van der Waals surface area contributed by atoms with Crippen molar-refractivity contribution in [3.8, 4) is 0 Å². The number of thiophene rings is 1. The van der Waals surface area contributed by atoms with Crippen molar-refractivity contribution < 1.29 is 14.7 Å². The van der Waals surface area contributed by atoms with Crippen LogP contribution < -0.4 is 0 Å². The molecule has 0 unspecified atom stereocenters. The van der Waals surface area contributed by atoms with Gasteiger partial charge in [-0.15, -0.1) is 11.3 Å². The Morgan fingerprint density at radius 1 is 1.53 bits per heavy atom. The molecular weight excluding hydrogens is 282 g/mol. The summed E-state index contributed by atoms with van der Waals surface area (Å²) in [4.78, 5) is 23.8. The van der Waals surface area contributed by atoms with Crippen LogP contribution in [-0.4, -0.2) is 35.0 Å². The number of nitrogens with zero attached hydrogens (tertiary/aromatic N) is 1. The maximum absolute atomic E-state index is 11.7. The van der Waals surface area contributed by atoms with Crippen LogP contribution >= 0.6 is 27.3 Å². The monoisotopic (exact) mass is 289 g/mol. The van der Waals surface area contributed by atoms with Crippen molar-refractivity contribution in [3.63, 3.8) is 0 Å². The van der Waals surface area contributed by atoms with Gasteiger partial charge in [0.05, 0.1) is 15.3 Å². The summed E-state index contributed by atoms with van der Waals surface area (Å²) in [5.74, 6) is -1.31. The molecule has 2 rings (SSSR count). The zero-order chi connectivity index (χ0) is 11.0. The molecule has 1 fully saturated rings. The van der Waals surface area contributed by atoms with Gasteiger partial charge in [0.1, 0.15) is 0 Å². The van der Waals surface area contributed by atoms with E-state index in [-0.39, 0.29) is 5.91 Å². The van der Waals surface area contributed by atoms with Gasteiger partial charge in [-0.05, 0) is 22.0 Å². The van der Waals surface area contributed by atoms with E-state index >= 15 is 0 Å². The van der Waals surface area contributed by atoms with Gasteiger partial charge in [0.25, 0.3) is 5.91 Å². The predicted octanol–water partition coefficient (Wildman–Crippen LogP) is 1.67. The smallest absolute Gasteiger partial charge is 0.310 e. The number of carboxylic acid groups (broad SMARTS) is 1. The zero-order valence-corrected chi connectivity index (χ0v) is 10.0. The molecule has 1 aliphatic heterocycles. The molecule has 0 radical (unpaired) electrons. The number of carboxylic acids is 1. The highest BCUT2D eigenvalue weighted by Gasteiger charge is 2.36. The van der Waals surface area contributed by atoms with Crippen molar-refractivity contribution >= 4 is 39.1 Å². The lowest BCUT2D eigenvalue weighted by Crippen LogP contribution is -2.52. The van der Waals surface area contributed by atoms with Gasteiger partial charge in [-0.25, -0.2) is 0 Å². The summed E-state index contributed by atoms with van der Waals surface area (Å²) >= 11 is 4.72. The molecule has 2 heterocycles. The molecule has 0 bridgehead atoms. The zero-order valence-electron chi connectivity index (χ0n) is 7.64. The van der Waals surface area contributed by atoms with Crippen LogP contribution in [0.1, 0.15) is 10.4 Å². The van der Waals surface area contributed by atoms with Gasteiger partial charge in [0.15, 0.2) is 0 Å². The molecule has 1 aromatic rings. The quantitative estimate of drug-likeness (QED) is 0.901. The van der Waals surface area contributed by atoms with Gasteiger partial charge in [0, 0.05) is 18.5 Å². The van der Waals surface area contributed by atoms with Crippen molar-refractivity contribution in [3.05, 3.63) is 20.8 Å². The number of likely N-dealkylation sites (tertiary alicyclic amines) is 1. The number of amides is 1. The molecule has 1 aromatic heterocycles. The van der Waals surface area contributed by atoms with E-state index in [1.807, 2.05) is 0 Å². The summed E-state index contributed by atoms with van der Waals surface area (Å²) in [6.07, 6.45) is 0. The lowest BCUT2D eigenvalue weighted by molar-refractivity contribution is -0.146. The van der Waals surface area contributed by atoms with E-state index in [0.717, 1.165) is 3.79 Å². The molecule has 0 aromatic carbocycles. The first-order chi connectivity index (χ1) is 7.08. The first kappa shape index (κ1) is 10.6. The summed E-state index contributed by atoms with van der Waals surface area (Å²) in [6.45, 7) is 0.642. The predicted molar refractivity (Wildman–Crippen MR) is 59.0 cm³/mol. The minimum atomic E-state index is -0.828. The van der Waals surface area contributed by atoms with Gasteiger partial charge >= 0.3 is 5.97 Å². The maximum atomic E-state index is 11.7. The van der Waals surface area contributed by atoms with Gasteiger partial charge in [-0.2, -0.15) is 0 Å². The largest absolute Gasteiger partial charge is 0.481 e. The van der Waals surface area contributed by atoms with Crippen LogP contribution in [0.3, 0.4) is 0 Å². The van der Waals surface area contributed by atoms with E-state index in [4.69, 9.17) is 5.11 Å². The fraction of sp³-hybridized carbons (Fsp3) is 0.333. The normalized spacial score (nSPS) is 16.2. The first-order valence-corrected chi connectivity index (χ1v) is 6.01. The summed E-state index contributed by atoms with van der Waals surface area (Å²) < 4.78 is 0.904. The maximum Gasteiger partial charge on any atom is 0.310 e. The number of carbonyl (C=O) groups is 2. The third kappa shape index (κ3) is 2.05. The second-order valence-corrected chi connectivity index (χ2v) is 5.68. The molecule has 15 heavy (non-hydrogen) atoms. The molecule has 1 amide bonds. The lowest BCUT2D eigenvalue weighted by atomic mass is 10.00. The van der Waals surface area contributed by atoms with Crippen LogP contribution in [0.25, 0.3) is 0 Å². The highest BCUT2D eigenvalue weighted by molar-refractivity contribution is 9.11. The number of hydrogen-bond acceptors (Lipinski definition) is 3. The molecule has 80 valence electrons. The minimum Gasteiger partial charge on any atom is -0.481 e. The van der Waals surface area contributed by atoms with Crippen LogP contribution in [0.4, 0.5) is 0 Å². The molecule has 4 nitrogen and oxygen atoms in total. The molecular formula is C9H8BrNO3S. The van der Waals surface area contributed by atoms with Gasteiger partial charge in [-0.1, -0.05) is 0 Å². The van der Waals surface area contributed by atoms with E-state index in [1.165, 1.54) is 11.3 Å². The number of carbonyl (C=O) groups excluding carboxylic acids is 1. The van der Waals surface area contributed by atoms with Crippen molar-refractivity contribution in [1.82, 2.24) is 4.90 Å².